The summed E-state index contributed by atoms with van der Waals surface area (Å²) in [5.74, 6) is 1.60. The van der Waals surface area contributed by atoms with Crippen LogP contribution in [0, 0.1) is 0 Å². The molecule has 5 heteroatoms. The fraction of sp³-hybridized carbons (Fsp3) is 0.375. The second kappa shape index (κ2) is 6.43. The monoisotopic (exact) mass is 283 g/mol. The van der Waals surface area contributed by atoms with Gasteiger partial charge in [0, 0.05) is 19.6 Å². The molecule has 0 amide bonds. The van der Waals surface area contributed by atoms with Gasteiger partial charge >= 0.3 is 0 Å². The van der Waals surface area contributed by atoms with E-state index < -0.39 is 0 Å². The Bertz CT molecular complexity index is 578. The number of benzene rings is 1. The van der Waals surface area contributed by atoms with E-state index in [0.29, 0.717) is 5.69 Å². The maximum absolute atomic E-state index is 6.21. The molecule has 0 radical (unpaired) electrons. The Hall–Kier alpha value is -2.30. The highest BCUT2D eigenvalue weighted by Crippen LogP contribution is 2.28. The second-order valence-electron chi connectivity index (χ2n) is 5.32. The lowest BCUT2D eigenvalue weighted by atomic mass is 10.1. The molecule has 2 heterocycles. The molecule has 1 aromatic heterocycles. The molecule has 3 N–H and O–H groups in total. The molecule has 0 atom stereocenters. The molecule has 21 heavy (non-hydrogen) atoms. The first-order chi connectivity index (χ1) is 10.3. The van der Waals surface area contributed by atoms with Gasteiger partial charge in [0.1, 0.15) is 12.0 Å². The SMILES string of the molecule is Nc1c(NCCc2ccccc2)ncnc1N1CCCC1. The summed E-state index contributed by atoms with van der Waals surface area (Å²) in [7, 11) is 0. The van der Waals surface area contributed by atoms with E-state index >= 15 is 0 Å². The first kappa shape index (κ1) is 13.7. The molecule has 0 spiro atoms. The number of rotatable bonds is 5. The second-order valence-corrected chi connectivity index (χ2v) is 5.32. The van der Waals surface area contributed by atoms with Crippen LogP contribution in [0.15, 0.2) is 36.7 Å². The van der Waals surface area contributed by atoms with Crippen LogP contribution in [0.4, 0.5) is 17.3 Å². The van der Waals surface area contributed by atoms with E-state index in [9.17, 15) is 0 Å². The van der Waals surface area contributed by atoms with Crippen LogP contribution < -0.4 is 16.0 Å². The Kier molecular flexibility index (Phi) is 4.19. The zero-order chi connectivity index (χ0) is 14.5. The van der Waals surface area contributed by atoms with E-state index in [1.807, 2.05) is 6.07 Å². The zero-order valence-electron chi connectivity index (χ0n) is 12.1. The normalized spacial score (nSPS) is 14.4. The van der Waals surface area contributed by atoms with Gasteiger partial charge in [0.25, 0.3) is 0 Å². The number of nitrogen functional groups attached to an aromatic ring is 1. The Morgan fingerprint density at radius 3 is 2.62 bits per heavy atom. The summed E-state index contributed by atoms with van der Waals surface area (Å²) in [5, 5.41) is 3.32. The molecule has 1 aromatic carbocycles. The summed E-state index contributed by atoms with van der Waals surface area (Å²) >= 11 is 0. The predicted molar refractivity (Wildman–Crippen MR) is 86.5 cm³/mol. The van der Waals surface area contributed by atoms with Gasteiger partial charge in [-0.25, -0.2) is 9.97 Å². The van der Waals surface area contributed by atoms with E-state index in [1.165, 1.54) is 18.4 Å². The largest absolute Gasteiger partial charge is 0.393 e. The summed E-state index contributed by atoms with van der Waals surface area (Å²) in [4.78, 5) is 10.8. The summed E-state index contributed by atoms with van der Waals surface area (Å²) < 4.78 is 0. The Morgan fingerprint density at radius 2 is 1.86 bits per heavy atom. The molecule has 5 nitrogen and oxygen atoms in total. The number of nitrogens with two attached hydrogens (primary N) is 1. The van der Waals surface area contributed by atoms with Crippen molar-refractivity contribution in [1.82, 2.24) is 9.97 Å². The number of aromatic nitrogens is 2. The minimum Gasteiger partial charge on any atom is -0.393 e. The lowest BCUT2D eigenvalue weighted by molar-refractivity contribution is 0.926. The highest BCUT2D eigenvalue weighted by molar-refractivity contribution is 5.75. The minimum absolute atomic E-state index is 0.660. The Balaban J connectivity index is 1.64. The summed E-state index contributed by atoms with van der Waals surface area (Å²) in [6.45, 7) is 2.88. The highest BCUT2D eigenvalue weighted by Gasteiger charge is 2.18. The summed E-state index contributed by atoms with van der Waals surface area (Å²) in [6, 6.07) is 10.4. The molecule has 3 rings (SSSR count). The molecule has 0 aliphatic carbocycles. The maximum atomic E-state index is 6.21. The van der Waals surface area contributed by atoms with E-state index in [1.54, 1.807) is 6.33 Å². The molecule has 0 unspecified atom stereocenters. The standard InChI is InChI=1S/C16H21N5/c17-14-15(18-9-8-13-6-2-1-3-7-13)19-12-20-16(14)21-10-4-5-11-21/h1-3,6-7,12H,4-5,8-11,17H2,(H,18,19,20). The van der Waals surface area contributed by atoms with Crippen molar-refractivity contribution in [2.24, 2.45) is 0 Å². The van der Waals surface area contributed by atoms with Crippen LogP contribution in [0.3, 0.4) is 0 Å². The number of anilines is 3. The van der Waals surface area contributed by atoms with Crippen LogP contribution in [0.2, 0.25) is 0 Å². The van der Waals surface area contributed by atoms with Gasteiger partial charge in [-0.2, -0.15) is 0 Å². The molecule has 2 aromatic rings. The minimum atomic E-state index is 0.660. The van der Waals surface area contributed by atoms with E-state index in [2.05, 4.69) is 44.5 Å². The van der Waals surface area contributed by atoms with Gasteiger partial charge in [-0.3, -0.25) is 0 Å². The molecule has 0 bridgehead atoms. The number of nitrogens with zero attached hydrogens (tertiary/aromatic N) is 3. The van der Waals surface area contributed by atoms with Gasteiger partial charge in [-0.1, -0.05) is 30.3 Å². The molecule has 1 aliphatic rings. The Labute approximate surface area is 125 Å². The zero-order valence-corrected chi connectivity index (χ0v) is 12.1. The predicted octanol–water partition coefficient (Wildman–Crippen LogP) is 2.31. The fourth-order valence-corrected chi connectivity index (χ4v) is 2.68. The van der Waals surface area contributed by atoms with E-state index in [0.717, 1.165) is 37.7 Å². The van der Waals surface area contributed by atoms with Crippen LogP contribution >= 0.6 is 0 Å². The van der Waals surface area contributed by atoms with Crippen LogP contribution in [-0.4, -0.2) is 29.6 Å². The van der Waals surface area contributed by atoms with Gasteiger partial charge in [-0.15, -0.1) is 0 Å². The topological polar surface area (TPSA) is 67.1 Å². The third kappa shape index (κ3) is 3.24. The fourth-order valence-electron chi connectivity index (χ4n) is 2.68. The van der Waals surface area contributed by atoms with Crippen molar-refractivity contribution in [3.63, 3.8) is 0 Å². The van der Waals surface area contributed by atoms with Crippen molar-refractivity contribution in [2.45, 2.75) is 19.3 Å². The van der Waals surface area contributed by atoms with Crippen molar-refractivity contribution in [2.75, 3.05) is 35.6 Å². The molecule has 1 fully saturated rings. The van der Waals surface area contributed by atoms with Crippen LogP contribution in [0.5, 0.6) is 0 Å². The molecule has 0 saturated carbocycles. The van der Waals surface area contributed by atoms with Crippen LogP contribution in [-0.2, 0) is 6.42 Å². The smallest absolute Gasteiger partial charge is 0.157 e. The maximum Gasteiger partial charge on any atom is 0.157 e. The van der Waals surface area contributed by atoms with Crippen LogP contribution in [0.25, 0.3) is 0 Å². The van der Waals surface area contributed by atoms with Gasteiger partial charge in [-0.05, 0) is 24.8 Å². The van der Waals surface area contributed by atoms with Gasteiger partial charge in [0.2, 0.25) is 0 Å². The molecule has 1 saturated heterocycles. The molecular weight excluding hydrogens is 262 g/mol. The van der Waals surface area contributed by atoms with E-state index in [-0.39, 0.29) is 0 Å². The van der Waals surface area contributed by atoms with Crippen molar-refractivity contribution >= 4 is 17.3 Å². The lowest BCUT2D eigenvalue weighted by Gasteiger charge is -2.19. The quantitative estimate of drug-likeness (QED) is 0.881. The number of nitrogens with one attached hydrogen (secondary N) is 1. The highest BCUT2D eigenvalue weighted by atomic mass is 15.2. The average molecular weight is 283 g/mol. The van der Waals surface area contributed by atoms with Crippen molar-refractivity contribution in [3.05, 3.63) is 42.2 Å². The number of hydrogen-bond acceptors (Lipinski definition) is 5. The van der Waals surface area contributed by atoms with Crippen molar-refractivity contribution < 1.29 is 0 Å². The Morgan fingerprint density at radius 1 is 1.10 bits per heavy atom. The van der Waals surface area contributed by atoms with Gasteiger partial charge in [0.05, 0.1) is 0 Å². The summed E-state index contributed by atoms with van der Waals surface area (Å²) in [6.07, 6.45) is 4.96. The van der Waals surface area contributed by atoms with Crippen LogP contribution in [0.1, 0.15) is 18.4 Å². The first-order valence-electron chi connectivity index (χ1n) is 7.48. The van der Waals surface area contributed by atoms with Crippen molar-refractivity contribution in [3.8, 4) is 0 Å². The lowest BCUT2D eigenvalue weighted by Crippen LogP contribution is -2.21. The summed E-state index contributed by atoms with van der Waals surface area (Å²) in [5.41, 5.74) is 8.18. The number of hydrogen-bond donors (Lipinski definition) is 2. The molecular formula is C16H21N5. The third-order valence-electron chi connectivity index (χ3n) is 3.82. The molecule has 110 valence electrons. The van der Waals surface area contributed by atoms with Gasteiger partial charge < -0.3 is 16.0 Å². The van der Waals surface area contributed by atoms with Gasteiger partial charge in [0.15, 0.2) is 11.6 Å². The molecule has 1 aliphatic heterocycles. The van der Waals surface area contributed by atoms with E-state index in [4.69, 9.17) is 5.73 Å². The average Bonchev–Trinajstić information content (AvgIpc) is 3.04. The third-order valence-corrected chi connectivity index (χ3v) is 3.82. The van der Waals surface area contributed by atoms with Crippen molar-refractivity contribution in [1.29, 1.82) is 0 Å². The first-order valence-corrected chi connectivity index (χ1v) is 7.48.